The van der Waals surface area contributed by atoms with Crippen molar-refractivity contribution >= 4 is 21.4 Å². The highest BCUT2D eigenvalue weighted by Crippen LogP contribution is 2.38. The lowest BCUT2D eigenvalue weighted by Gasteiger charge is -2.01. The molecule has 0 radical (unpaired) electrons. The van der Waals surface area contributed by atoms with E-state index in [0.29, 0.717) is 10.6 Å². The molecule has 0 unspecified atom stereocenters. The van der Waals surface area contributed by atoms with Crippen LogP contribution in [0.5, 0.6) is 5.75 Å². The Bertz CT molecular complexity index is 566. The Hall–Kier alpha value is -1.60. The first-order chi connectivity index (χ1) is 7.17. The Morgan fingerprint density at radius 2 is 2.20 bits per heavy atom. The maximum absolute atomic E-state index is 8.97. The number of nitriles is 1. The van der Waals surface area contributed by atoms with Crippen molar-refractivity contribution in [3.8, 4) is 11.8 Å². The molecule has 4 heteroatoms. The van der Waals surface area contributed by atoms with Gasteiger partial charge < -0.3 is 4.74 Å². The first-order valence-electron chi connectivity index (χ1n) is 4.52. The normalized spacial score (nSPS) is 10.3. The zero-order valence-electron chi connectivity index (χ0n) is 8.79. The van der Waals surface area contributed by atoms with Gasteiger partial charge in [0.05, 0.1) is 12.5 Å². The van der Waals surface area contributed by atoms with Gasteiger partial charge in [-0.25, -0.2) is 0 Å². The number of ether oxygens (including phenoxy) is 1. The SMILES string of the molecule is COc1c(C#N)sc2cc(C)nc(C)c12. The molecule has 2 aromatic rings. The predicted octanol–water partition coefficient (Wildman–Crippen LogP) is 2.79. The van der Waals surface area contributed by atoms with Crippen LogP contribution in [0, 0.1) is 25.2 Å². The van der Waals surface area contributed by atoms with Crippen LogP contribution in [0.3, 0.4) is 0 Å². The van der Waals surface area contributed by atoms with Crippen molar-refractivity contribution in [2.24, 2.45) is 0 Å². The van der Waals surface area contributed by atoms with Crippen LogP contribution < -0.4 is 4.74 Å². The molecule has 76 valence electrons. The summed E-state index contributed by atoms with van der Waals surface area (Å²) < 4.78 is 6.32. The summed E-state index contributed by atoms with van der Waals surface area (Å²) in [7, 11) is 1.58. The van der Waals surface area contributed by atoms with Crippen LogP contribution in [0.4, 0.5) is 0 Å². The number of rotatable bonds is 1. The van der Waals surface area contributed by atoms with Gasteiger partial charge in [0.1, 0.15) is 10.9 Å². The average molecular weight is 218 g/mol. The lowest BCUT2D eigenvalue weighted by atomic mass is 10.2. The van der Waals surface area contributed by atoms with Gasteiger partial charge in [-0.1, -0.05) is 0 Å². The number of methoxy groups -OCH3 is 1. The Balaban J connectivity index is 2.90. The predicted molar refractivity (Wildman–Crippen MR) is 60.4 cm³/mol. The van der Waals surface area contributed by atoms with E-state index in [9.17, 15) is 0 Å². The molecule has 0 aliphatic carbocycles. The lowest BCUT2D eigenvalue weighted by molar-refractivity contribution is 0.420. The van der Waals surface area contributed by atoms with Crippen molar-refractivity contribution in [3.63, 3.8) is 0 Å². The van der Waals surface area contributed by atoms with E-state index in [2.05, 4.69) is 11.1 Å². The van der Waals surface area contributed by atoms with Crippen molar-refractivity contribution in [2.75, 3.05) is 7.11 Å². The molecule has 0 spiro atoms. The van der Waals surface area contributed by atoms with Crippen molar-refractivity contribution in [1.29, 1.82) is 5.26 Å². The van der Waals surface area contributed by atoms with Crippen LogP contribution in [-0.4, -0.2) is 12.1 Å². The highest BCUT2D eigenvalue weighted by Gasteiger charge is 2.15. The Kier molecular flexibility index (Phi) is 2.33. The summed E-state index contributed by atoms with van der Waals surface area (Å²) in [6.07, 6.45) is 0. The number of nitrogens with zero attached hydrogens (tertiary/aromatic N) is 2. The zero-order valence-corrected chi connectivity index (χ0v) is 9.60. The summed E-state index contributed by atoms with van der Waals surface area (Å²) in [5.74, 6) is 0.655. The maximum atomic E-state index is 8.97. The maximum Gasteiger partial charge on any atom is 0.157 e. The molecule has 0 saturated heterocycles. The van der Waals surface area contributed by atoms with Gasteiger partial charge in [0.25, 0.3) is 0 Å². The minimum absolute atomic E-state index is 0.614. The van der Waals surface area contributed by atoms with Crippen LogP contribution in [0.15, 0.2) is 6.07 Å². The summed E-state index contributed by atoms with van der Waals surface area (Å²) in [5, 5.41) is 9.93. The summed E-state index contributed by atoms with van der Waals surface area (Å²) in [4.78, 5) is 4.99. The molecule has 0 bridgehead atoms. The largest absolute Gasteiger partial charge is 0.494 e. The fourth-order valence-corrected chi connectivity index (χ4v) is 2.80. The van der Waals surface area contributed by atoms with Crippen LogP contribution in [0.25, 0.3) is 10.1 Å². The monoisotopic (exact) mass is 218 g/mol. The van der Waals surface area contributed by atoms with Crippen molar-refractivity contribution < 1.29 is 4.74 Å². The van der Waals surface area contributed by atoms with Gasteiger partial charge in [-0.2, -0.15) is 5.26 Å². The number of thiophene rings is 1. The summed E-state index contributed by atoms with van der Waals surface area (Å²) in [6, 6.07) is 4.13. The second kappa shape index (κ2) is 3.52. The van der Waals surface area contributed by atoms with Gasteiger partial charge in [-0.15, -0.1) is 11.3 Å². The second-order valence-electron chi connectivity index (χ2n) is 3.30. The molecule has 0 fully saturated rings. The van der Waals surface area contributed by atoms with Gasteiger partial charge in [0.15, 0.2) is 5.75 Å². The fourth-order valence-electron chi connectivity index (χ4n) is 1.69. The van der Waals surface area contributed by atoms with Crippen molar-refractivity contribution in [3.05, 3.63) is 22.3 Å². The van der Waals surface area contributed by atoms with Gasteiger partial charge in [-0.3, -0.25) is 4.98 Å². The molecule has 0 atom stereocenters. The second-order valence-corrected chi connectivity index (χ2v) is 4.35. The Morgan fingerprint density at radius 1 is 1.47 bits per heavy atom. The molecule has 0 amide bonds. The topological polar surface area (TPSA) is 45.9 Å². The highest BCUT2D eigenvalue weighted by molar-refractivity contribution is 7.20. The van der Waals surface area contributed by atoms with E-state index in [1.807, 2.05) is 19.9 Å². The number of aromatic nitrogens is 1. The third-order valence-electron chi connectivity index (χ3n) is 2.24. The van der Waals surface area contributed by atoms with E-state index in [1.54, 1.807) is 7.11 Å². The van der Waals surface area contributed by atoms with E-state index in [1.165, 1.54) is 11.3 Å². The Labute approximate surface area is 91.9 Å². The number of fused-ring (bicyclic) bond motifs is 1. The molecule has 2 heterocycles. The third kappa shape index (κ3) is 1.45. The van der Waals surface area contributed by atoms with Crippen LogP contribution in [-0.2, 0) is 0 Å². The molecule has 0 aliphatic rings. The molecule has 15 heavy (non-hydrogen) atoms. The van der Waals surface area contributed by atoms with E-state index >= 15 is 0 Å². The van der Waals surface area contributed by atoms with Crippen LogP contribution >= 0.6 is 11.3 Å². The van der Waals surface area contributed by atoms with Gasteiger partial charge in [0, 0.05) is 16.1 Å². The minimum Gasteiger partial charge on any atom is -0.494 e. The van der Waals surface area contributed by atoms with E-state index < -0.39 is 0 Å². The number of hydrogen-bond donors (Lipinski definition) is 0. The number of aryl methyl sites for hydroxylation is 2. The smallest absolute Gasteiger partial charge is 0.157 e. The molecule has 0 aromatic carbocycles. The highest BCUT2D eigenvalue weighted by atomic mass is 32.1. The molecular weight excluding hydrogens is 208 g/mol. The number of hydrogen-bond acceptors (Lipinski definition) is 4. The average Bonchev–Trinajstić information content (AvgIpc) is 2.55. The molecule has 0 aliphatic heterocycles. The van der Waals surface area contributed by atoms with Crippen molar-refractivity contribution in [2.45, 2.75) is 13.8 Å². The number of pyridine rings is 1. The molecular formula is C11H10N2OS. The van der Waals surface area contributed by atoms with Crippen LogP contribution in [0.1, 0.15) is 16.3 Å². The molecule has 0 N–H and O–H groups in total. The van der Waals surface area contributed by atoms with Gasteiger partial charge in [-0.05, 0) is 19.9 Å². The molecule has 3 nitrogen and oxygen atoms in total. The fraction of sp³-hybridized carbons (Fsp3) is 0.273. The van der Waals surface area contributed by atoms with E-state index in [4.69, 9.17) is 10.00 Å². The Morgan fingerprint density at radius 3 is 2.80 bits per heavy atom. The first kappa shape index (κ1) is 9.94. The third-order valence-corrected chi connectivity index (χ3v) is 3.27. The summed E-state index contributed by atoms with van der Waals surface area (Å²) in [6.45, 7) is 3.89. The summed E-state index contributed by atoms with van der Waals surface area (Å²) >= 11 is 1.45. The van der Waals surface area contributed by atoms with Gasteiger partial charge >= 0.3 is 0 Å². The first-order valence-corrected chi connectivity index (χ1v) is 5.34. The lowest BCUT2D eigenvalue weighted by Crippen LogP contribution is -1.89. The summed E-state index contributed by atoms with van der Waals surface area (Å²) in [5.41, 5.74) is 1.88. The quantitative estimate of drug-likeness (QED) is 0.739. The molecule has 2 aromatic heterocycles. The standard InChI is InChI=1S/C11H10N2OS/c1-6-4-8-10(7(2)13-6)11(14-3)9(5-12)15-8/h4H,1-3H3. The minimum atomic E-state index is 0.614. The zero-order chi connectivity index (χ0) is 11.0. The molecule has 2 rings (SSSR count). The van der Waals surface area contributed by atoms with E-state index in [0.717, 1.165) is 21.5 Å². The van der Waals surface area contributed by atoms with Crippen LogP contribution in [0.2, 0.25) is 0 Å². The van der Waals surface area contributed by atoms with Gasteiger partial charge in [0.2, 0.25) is 0 Å². The van der Waals surface area contributed by atoms with Crippen molar-refractivity contribution in [1.82, 2.24) is 4.98 Å². The van der Waals surface area contributed by atoms with E-state index in [-0.39, 0.29) is 0 Å². The molecule has 0 saturated carbocycles.